The molecule has 0 radical (unpaired) electrons. The van der Waals surface area contributed by atoms with Crippen LogP contribution >= 0.6 is 23.2 Å². The van der Waals surface area contributed by atoms with E-state index in [1.165, 1.54) is 12.1 Å². The normalized spacial score (nSPS) is 21.6. The van der Waals surface area contributed by atoms with E-state index in [1.54, 1.807) is 30.3 Å². The van der Waals surface area contributed by atoms with E-state index in [0.29, 0.717) is 41.7 Å². The highest BCUT2D eigenvalue weighted by atomic mass is 35.5. The number of benzene rings is 2. The molecule has 0 unspecified atom stereocenters. The molecule has 0 aromatic heterocycles. The summed E-state index contributed by atoms with van der Waals surface area (Å²) in [5.41, 5.74) is 1.44. The molecule has 2 heterocycles. The molecular formula is C24H25Cl2FN2O2. The molecule has 2 aliphatic rings. The van der Waals surface area contributed by atoms with Crippen molar-refractivity contribution in [3.63, 3.8) is 0 Å². The molecule has 2 atom stereocenters. The number of halogens is 3. The van der Waals surface area contributed by atoms with Gasteiger partial charge in [-0.05, 0) is 55.0 Å². The standard InChI is InChI=1S/C24H25Cl2FN2O2/c1-15(22-19(25)3-2-4-20(22)26)23(31)29-11-9-24(10-12-29)13-21(30)28-14-18(24)16-5-7-17(27)8-6-16/h2-8,15,18H,9-14H2,1H3,(H,28,30)/t15-,18+/m1/s1. The highest BCUT2D eigenvalue weighted by molar-refractivity contribution is 6.36. The highest BCUT2D eigenvalue weighted by Crippen LogP contribution is 2.49. The Morgan fingerprint density at radius 1 is 1.13 bits per heavy atom. The summed E-state index contributed by atoms with van der Waals surface area (Å²) in [7, 11) is 0. The van der Waals surface area contributed by atoms with Crippen molar-refractivity contribution < 1.29 is 14.0 Å². The molecule has 2 aromatic carbocycles. The van der Waals surface area contributed by atoms with Gasteiger partial charge in [-0.25, -0.2) is 4.39 Å². The van der Waals surface area contributed by atoms with Crippen molar-refractivity contribution >= 4 is 35.0 Å². The van der Waals surface area contributed by atoms with Crippen molar-refractivity contribution in [3.8, 4) is 0 Å². The van der Waals surface area contributed by atoms with Crippen molar-refractivity contribution in [2.75, 3.05) is 19.6 Å². The Bertz CT molecular complexity index is 967. The minimum atomic E-state index is -0.446. The predicted octanol–water partition coefficient (Wildman–Crippen LogP) is 5.15. The first-order valence-electron chi connectivity index (χ1n) is 10.6. The fraction of sp³-hybridized carbons (Fsp3) is 0.417. The largest absolute Gasteiger partial charge is 0.355 e. The van der Waals surface area contributed by atoms with Crippen LogP contribution in [0.1, 0.15) is 49.1 Å². The first kappa shape index (κ1) is 22.1. The lowest BCUT2D eigenvalue weighted by Gasteiger charge is -2.49. The molecule has 2 aliphatic heterocycles. The van der Waals surface area contributed by atoms with Gasteiger partial charge in [0.25, 0.3) is 0 Å². The molecule has 2 fully saturated rings. The second-order valence-electron chi connectivity index (χ2n) is 8.63. The van der Waals surface area contributed by atoms with E-state index < -0.39 is 5.92 Å². The molecule has 2 saturated heterocycles. The van der Waals surface area contributed by atoms with Gasteiger partial charge in [-0.3, -0.25) is 9.59 Å². The Morgan fingerprint density at radius 3 is 2.35 bits per heavy atom. The summed E-state index contributed by atoms with van der Waals surface area (Å²) >= 11 is 12.6. The van der Waals surface area contributed by atoms with Crippen LogP contribution in [0.3, 0.4) is 0 Å². The van der Waals surface area contributed by atoms with E-state index >= 15 is 0 Å². The second kappa shape index (κ2) is 8.79. The first-order valence-corrected chi connectivity index (χ1v) is 11.3. The zero-order chi connectivity index (χ0) is 22.2. The van der Waals surface area contributed by atoms with Gasteiger partial charge in [0.05, 0.1) is 5.92 Å². The van der Waals surface area contributed by atoms with Gasteiger partial charge in [-0.15, -0.1) is 0 Å². The molecule has 0 saturated carbocycles. The summed E-state index contributed by atoms with van der Waals surface area (Å²) in [4.78, 5) is 27.3. The van der Waals surface area contributed by atoms with Crippen molar-refractivity contribution in [1.82, 2.24) is 10.2 Å². The van der Waals surface area contributed by atoms with Crippen molar-refractivity contribution in [2.24, 2.45) is 5.41 Å². The van der Waals surface area contributed by atoms with Crippen LogP contribution in [0.4, 0.5) is 4.39 Å². The fourth-order valence-corrected chi connectivity index (χ4v) is 5.85. The lowest BCUT2D eigenvalue weighted by Crippen LogP contribution is -2.53. The van der Waals surface area contributed by atoms with E-state index in [4.69, 9.17) is 23.2 Å². The molecule has 2 amide bonds. The Labute approximate surface area is 191 Å². The number of likely N-dealkylation sites (tertiary alicyclic amines) is 1. The topological polar surface area (TPSA) is 49.4 Å². The summed E-state index contributed by atoms with van der Waals surface area (Å²) < 4.78 is 13.4. The Morgan fingerprint density at radius 2 is 1.74 bits per heavy atom. The van der Waals surface area contributed by atoms with Crippen LogP contribution in [-0.2, 0) is 9.59 Å². The number of nitrogens with zero attached hydrogens (tertiary/aromatic N) is 1. The Hall–Kier alpha value is -2.11. The molecule has 0 aliphatic carbocycles. The van der Waals surface area contributed by atoms with Crippen LogP contribution in [-0.4, -0.2) is 36.3 Å². The van der Waals surface area contributed by atoms with E-state index in [2.05, 4.69) is 5.32 Å². The lowest BCUT2D eigenvalue weighted by molar-refractivity contribution is -0.136. The summed E-state index contributed by atoms with van der Waals surface area (Å²) in [6, 6.07) is 11.8. The Kier molecular flexibility index (Phi) is 6.27. The predicted molar refractivity (Wildman–Crippen MR) is 120 cm³/mol. The summed E-state index contributed by atoms with van der Waals surface area (Å²) in [5.74, 6) is -0.598. The molecule has 1 spiro atoms. The van der Waals surface area contributed by atoms with Gasteiger partial charge in [0.1, 0.15) is 5.82 Å². The molecule has 4 rings (SSSR count). The maximum Gasteiger partial charge on any atom is 0.229 e. The molecule has 0 bridgehead atoms. The minimum absolute atomic E-state index is 0.0107. The Balaban J connectivity index is 1.52. The van der Waals surface area contributed by atoms with Crippen LogP contribution in [0.2, 0.25) is 10.0 Å². The molecule has 4 nitrogen and oxygen atoms in total. The van der Waals surface area contributed by atoms with Gasteiger partial charge in [0, 0.05) is 47.6 Å². The summed E-state index contributed by atoms with van der Waals surface area (Å²) in [5, 5.41) is 3.94. The number of piperidine rings is 2. The quantitative estimate of drug-likeness (QED) is 0.685. The molecule has 164 valence electrons. The van der Waals surface area contributed by atoms with E-state index in [1.807, 2.05) is 11.8 Å². The maximum absolute atomic E-state index is 13.4. The van der Waals surface area contributed by atoms with Crippen LogP contribution in [0.25, 0.3) is 0 Å². The molecule has 1 N–H and O–H groups in total. The van der Waals surface area contributed by atoms with Gasteiger partial charge in [-0.1, -0.05) is 41.4 Å². The number of hydrogen-bond donors (Lipinski definition) is 1. The van der Waals surface area contributed by atoms with Crippen molar-refractivity contribution in [3.05, 3.63) is 69.5 Å². The maximum atomic E-state index is 13.4. The van der Waals surface area contributed by atoms with Gasteiger partial charge in [0.15, 0.2) is 0 Å². The van der Waals surface area contributed by atoms with E-state index in [0.717, 1.165) is 18.4 Å². The number of carbonyl (C=O) groups is 2. The number of nitrogens with one attached hydrogen (secondary N) is 1. The third-order valence-electron chi connectivity index (χ3n) is 6.90. The van der Waals surface area contributed by atoms with Gasteiger partial charge >= 0.3 is 0 Å². The first-order chi connectivity index (χ1) is 14.8. The highest BCUT2D eigenvalue weighted by Gasteiger charge is 2.47. The third kappa shape index (κ3) is 4.31. The molecule has 7 heteroatoms. The van der Waals surface area contributed by atoms with Crippen molar-refractivity contribution in [2.45, 2.75) is 38.0 Å². The van der Waals surface area contributed by atoms with Crippen LogP contribution in [0.5, 0.6) is 0 Å². The lowest BCUT2D eigenvalue weighted by atomic mass is 9.62. The number of carbonyl (C=O) groups excluding carboxylic acids is 2. The number of rotatable bonds is 3. The minimum Gasteiger partial charge on any atom is -0.355 e. The van der Waals surface area contributed by atoms with E-state index in [-0.39, 0.29) is 29.0 Å². The van der Waals surface area contributed by atoms with Crippen LogP contribution in [0, 0.1) is 11.2 Å². The molecule has 2 aromatic rings. The monoisotopic (exact) mass is 462 g/mol. The van der Waals surface area contributed by atoms with Gasteiger partial charge in [0.2, 0.25) is 11.8 Å². The molecular weight excluding hydrogens is 438 g/mol. The average molecular weight is 463 g/mol. The summed E-state index contributed by atoms with van der Waals surface area (Å²) in [6.45, 7) is 3.49. The molecule has 31 heavy (non-hydrogen) atoms. The SMILES string of the molecule is C[C@@H](C(=O)N1CCC2(CC1)CC(=O)NC[C@H]2c1ccc(F)cc1)c1c(Cl)cccc1Cl. The van der Waals surface area contributed by atoms with Crippen LogP contribution in [0.15, 0.2) is 42.5 Å². The van der Waals surface area contributed by atoms with Crippen molar-refractivity contribution in [1.29, 1.82) is 0 Å². The van der Waals surface area contributed by atoms with Gasteiger partial charge in [-0.2, -0.15) is 0 Å². The third-order valence-corrected chi connectivity index (χ3v) is 7.56. The van der Waals surface area contributed by atoms with Crippen LogP contribution < -0.4 is 5.32 Å². The number of hydrogen-bond acceptors (Lipinski definition) is 2. The number of amides is 2. The smallest absolute Gasteiger partial charge is 0.229 e. The fourth-order valence-electron chi connectivity index (χ4n) is 5.12. The second-order valence-corrected chi connectivity index (χ2v) is 9.44. The van der Waals surface area contributed by atoms with Gasteiger partial charge < -0.3 is 10.2 Å². The summed E-state index contributed by atoms with van der Waals surface area (Å²) in [6.07, 6.45) is 1.86. The average Bonchev–Trinajstić information content (AvgIpc) is 2.74. The van der Waals surface area contributed by atoms with E-state index in [9.17, 15) is 14.0 Å². The zero-order valence-corrected chi connectivity index (χ0v) is 18.8. The zero-order valence-electron chi connectivity index (χ0n) is 17.3.